The summed E-state index contributed by atoms with van der Waals surface area (Å²) in [4.78, 5) is 17.3. The molecule has 0 bridgehead atoms. The molecule has 1 saturated carbocycles. The molecule has 2 aromatic rings. The zero-order chi connectivity index (χ0) is 23.2. The van der Waals surface area contributed by atoms with Gasteiger partial charge in [-0.05, 0) is 70.8 Å². The Labute approximate surface area is 199 Å². The minimum absolute atomic E-state index is 0.0815. The Morgan fingerprint density at radius 3 is 2.76 bits per heavy atom. The van der Waals surface area contributed by atoms with Gasteiger partial charge in [-0.2, -0.15) is 16.9 Å². The number of halogens is 1. The molecule has 2 aromatic heterocycles. The number of aromatic nitrogens is 3. The van der Waals surface area contributed by atoms with E-state index < -0.39 is 5.82 Å². The van der Waals surface area contributed by atoms with Crippen LogP contribution in [0.15, 0.2) is 12.3 Å². The van der Waals surface area contributed by atoms with Crippen LogP contribution in [0.25, 0.3) is 11.3 Å². The van der Waals surface area contributed by atoms with Gasteiger partial charge in [0, 0.05) is 46.8 Å². The lowest BCUT2D eigenvalue weighted by Crippen LogP contribution is -2.51. The second-order valence-corrected chi connectivity index (χ2v) is 11.5. The SMILES string of the molecule is CC(C)n1nc(-c2cc(OC3CC3)ncc2F)c2c1CC(C(=O)NC1(C)CCSCC1)CC2. The Balaban J connectivity index is 1.42. The van der Waals surface area contributed by atoms with Crippen molar-refractivity contribution in [3.8, 4) is 17.1 Å². The third kappa shape index (κ3) is 4.77. The van der Waals surface area contributed by atoms with Crippen LogP contribution in [0.5, 0.6) is 5.88 Å². The van der Waals surface area contributed by atoms with Crippen LogP contribution in [-0.4, -0.2) is 43.8 Å². The molecule has 5 rings (SSSR count). The van der Waals surface area contributed by atoms with E-state index in [-0.39, 0.29) is 29.5 Å². The van der Waals surface area contributed by atoms with Crippen molar-refractivity contribution in [1.29, 1.82) is 0 Å². The second-order valence-electron chi connectivity index (χ2n) is 10.2. The van der Waals surface area contributed by atoms with Crippen LogP contribution in [0.2, 0.25) is 0 Å². The highest BCUT2D eigenvalue weighted by atomic mass is 32.2. The quantitative estimate of drug-likeness (QED) is 0.659. The van der Waals surface area contributed by atoms with Crippen molar-refractivity contribution in [1.82, 2.24) is 20.1 Å². The third-order valence-electron chi connectivity index (χ3n) is 7.08. The third-order valence-corrected chi connectivity index (χ3v) is 8.07. The number of thioether (sulfide) groups is 1. The first-order valence-electron chi connectivity index (χ1n) is 12.2. The highest BCUT2D eigenvalue weighted by molar-refractivity contribution is 7.99. The Morgan fingerprint density at radius 1 is 1.30 bits per heavy atom. The fourth-order valence-corrected chi connectivity index (χ4v) is 6.27. The molecule has 3 heterocycles. The van der Waals surface area contributed by atoms with Crippen LogP contribution in [0.3, 0.4) is 0 Å². The largest absolute Gasteiger partial charge is 0.474 e. The Kier molecular flexibility index (Phi) is 6.14. The maximum atomic E-state index is 14.9. The Morgan fingerprint density at radius 2 is 2.06 bits per heavy atom. The molecule has 1 N–H and O–H groups in total. The monoisotopic (exact) mass is 472 g/mol. The highest BCUT2D eigenvalue weighted by Gasteiger charge is 2.36. The summed E-state index contributed by atoms with van der Waals surface area (Å²) >= 11 is 1.96. The standard InChI is InChI=1S/C25H33FN4O2S/c1-15(2)30-21-12-16(24(31)28-25(3)8-10-33-11-9-25)4-7-18(21)23(29-30)19-13-22(27-14-20(19)26)32-17-5-6-17/h13-17H,4-12H2,1-3H3,(H,28,31). The van der Waals surface area contributed by atoms with E-state index in [0.29, 0.717) is 30.0 Å². The number of ether oxygens (including phenoxy) is 1. The van der Waals surface area contributed by atoms with Crippen LogP contribution in [0.1, 0.15) is 70.2 Å². The van der Waals surface area contributed by atoms with Gasteiger partial charge in [0.1, 0.15) is 6.10 Å². The van der Waals surface area contributed by atoms with Crippen molar-refractivity contribution in [2.24, 2.45) is 5.92 Å². The van der Waals surface area contributed by atoms with E-state index in [1.54, 1.807) is 6.07 Å². The number of nitrogens with one attached hydrogen (secondary N) is 1. The molecule has 1 unspecified atom stereocenters. The van der Waals surface area contributed by atoms with E-state index in [2.05, 4.69) is 31.1 Å². The van der Waals surface area contributed by atoms with Crippen molar-refractivity contribution in [2.45, 2.75) is 83.4 Å². The van der Waals surface area contributed by atoms with Gasteiger partial charge >= 0.3 is 0 Å². The first-order chi connectivity index (χ1) is 15.8. The molecule has 6 nitrogen and oxygen atoms in total. The number of pyridine rings is 1. The number of hydrogen-bond donors (Lipinski definition) is 1. The molecule has 3 aliphatic rings. The summed E-state index contributed by atoms with van der Waals surface area (Å²) in [6.07, 6.45) is 7.60. The minimum atomic E-state index is -0.391. The highest BCUT2D eigenvalue weighted by Crippen LogP contribution is 2.38. The summed E-state index contributed by atoms with van der Waals surface area (Å²) in [6.45, 7) is 6.32. The lowest BCUT2D eigenvalue weighted by molar-refractivity contribution is -0.127. The number of amides is 1. The zero-order valence-corrected chi connectivity index (χ0v) is 20.5. The number of carbonyl (C=O) groups is 1. The van der Waals surface area contributed by atoms with Gasteiger partial charge in [-0.15, -0.1) is 0 Å². The summed E-state index contributed by atoms with van der Waals surface area (Å²) in [5.74, 6) is 2.31. The summed E-state index contributed by atoms with van der Waals surface area (Å²) in [5.41, 5.74) is 3.09. The molecule has 1 amide bonds. The van der Waals surface area contributed by atoms with Gasteiger partial charge in [0.2, 0.25) is 11.8 Å². The number of rotatable bonds is 6. The molecule has 2 aliphatic carbocycles. The number of nitrogens with zero attached hydrogens (tertiary/aromatic N) is 3. The normalized spacial score (nSPS) is 22.2. The minimum Gasteiger partial charge on any atom is -0.474 e. The average molecular weight is 473 g/mol. The fraction of sp³-hybridized carbons (Fsp3) is 0.640. The van der Waals surface area contributed by atoms with Crippen molar-refractivity contribution in [3.63, 3.8) is 0 Å². The van der Waals surface area contributed by atoms with E-state index in [9.17, 15) is 9.18 Å². The maximum absolute atomic E-state index is 14.9. The van der Waals surface area contributed by atoms with Crippen molar-refractivity contribution >= 4 is 17.7 Å². The van der Waals surface area contributed by atoms with Crippen LogP contribution in [0.4, 0.5) is 4.39 Å². The van der Waals surface area contributed by atoms with Gasteiger partial charge in [0.05, 0.1) is 11.9 Å². The predicted octanol–water partition coefficient (Wildman–Crippen LogP) is 4.71. The molecule has 8 heteroatoms. The topological polar surface area (TPSA) is 69.0 Å². The summed E-state index contributed by atoms with van der Waals surface area (Å²) < 4.78 is 22.6. The second kappa shape index (κ2) is 8.93. The van der Waals surface area contributed by atoms with Crippen molar-refractivity contribution < 1.29 is 13.9 Å². The van der Waals surface area contributed by atoms with Gasteiger partial charge in [0.25, 0.3) is 0 Å². The first kappa shape index (κ1) is 22.7. The van der Waals surface area contributed by atoms with E-state index in [0.717, 1.165) is 54.9 Å². The van der Waals surface area contributed by atoms with Gasteiger partial charge in [-0.3, -0.25) is 9.48 Å². The smallest absolute Gasteiger partial charge is 0.223 e. The molecule has 178 valence electrons. The molecule has 0 spiro atoms. The van der Waals surface area contributed by atoms with Crippen molar-refractivity contribution in [3.05, 3.63) is 29.3 Å². The molecule has 1 aliphatic heterocycles. The van der Waals surface area contributed by atoms with Crippen LogP contribution >= 0.6 is 11.8 Å². The summed E-state index contributed by atoms with van der Waals surface area (Å²) in [7, 11) is 0. The lowest BCUT2D eigenvalue weighted by atomic mass is 9.84. The van der Waals surface area contributed by atoms with Crippen molar-refractivity contribution in [2.75, 3.05) is 11.5 Å². The molecule has 2 fully saturated rings. The summed E-state index contributed by atoms with van der Waals surface area (Å²) in [5, 5.41) is 8.20. The van der Waals surface area contributed by atoms with E-state index in [1.807, 2.05) is 16.4 Å². The maximum Gasteiger partial charge on any atom is 0.223 e. The Bertz CT molecular complexity index is 1040. The van der Waals surface area contributed by atoms with Gasteiger partial charge in [-0.1, -0.05) is 0 Å². The number of carbonyl (C=O) groups excluding carboxylic acids is 1. The lowest BCUT2D eigenvalue weighted by Gasteiger charge is -2.36. The molecule has 1 atom stereocenters. The summed E-state index contributed by atoms with van der Waals surface area (Å²) in [6, 6.07) is 1.80. The van der Waals surface area contributed by atoms with Gasteiger partial charge < -0.3 is 10.1 Å². The van der Waals surface area contributed by atoms with E-state index in [4.69, 9.17) is 9.84 Å². The fourth-order valence-electron chi connectivity index (χ4n) is 4.87. The zero-order valence-electron chi connectivity index (χ0n) is 19.7. The molecule has 1 saturated heterocycles. The molecular weight excluding hydrogens is 439 g/mol. The molecule has 0 aromatic carbocycles. The molecular formula is C25H33FN4O2S. The van der Waals surface area contributed by atoms with E-state index in [1.165, 1.54) is 6.20 Å². The van der Waals surface area contributed by atoms with Crippen LogP contribution in [-0.2, 0) is 17.6 Å². The predicted molar refractivity (Wildman–Crippen MR) is 128 cm³/mol. The van der Waals surface area contributed by atoms with E-state index >= 15 is 0 Å². The van der Waals surface area contributed by atoms with Gasteiger partial charge in [0.15, 0.2) is 5.82 Å². The van der Waals surface area contributed by atoms with Crippen LogP contribution < -0.4 is 10.1 Å². The number of fused-ring (bicyclic) bond motifs is 1. The first-order valence-corrected chi connectivity index (χ1v) is 13.3. The molecule has 0 radical (unpaired) electrons. The Hall–Kier alpha value is -2.09. The number of hydrogen-bond acceptors (Lipinski definition) is 5. The molecule has 33 heavy (non-hydrogen) atoms. The van der Waals surface area contributed by atoms with Gasteiger partial charge in [-0.25, -0.2) is 9.37 Å². The van der Waals surface area contributed by atoms with Crippen LogP contribution in [0, 0.1) is 11.7 Å². The average Bonchev–Trinajstić information content (AvgIpc) is 3.52.